The number of para-hydroxylation sites is 2. The predicted molar refractivity (Wildman–Crippen MR) is 124 cm³/mol. The molecule has 1 fully saturated rings. The fourth-order valence-electron chi connectivity index (χ4n) is 4.21. The second-order valence-corrected chi connectivity index (χ2v) is 8.41. The normalized spacial score (nSPS) is 15.0. The Balaban J connectivity index is 1.33. The smallest absolute Gasteiger partial charge is 0.124 e. The zero-order valence-electron chi connectivity index (χ0n) is 17.2. The summed E-state index contributed by atoms with van der Waals surface area (Å²) >= 11 is 6.06. The van der Waals surface area contributed by atoms with Gasteiger partial charge in [0.15, 0.2) is 0 Å². The van der Waals surface area contributed by atoms with Gasteiger partial charge in [0.2, 0.25) is 0 Å². The quantitative estimate of drug-likeness (QED) is 0.431. The summed E-state index contributed by atoms with van der Waals surface area (Å²) in [5, 5.41) is 0.749. The summed E-state index contributed by atoms with van der Waals surface area (Å²) in [6, 6.07) is 23.1. The van der Waals surface area contributed by atoms with Crippen molar-refractivity contribution in [2.24, 2.45) is 0 Å². The molecular formula is C25H24ClFN4. The third kappa shape index (κ3) is 4.43. The van der Waals surface area contributed by atoms with Crippen LogP contribution in [0.4, 0.5) is 10.1 Å². The average molecular weight is 435 g/mol. The van der Waals surface area contributed by atoms with Crippen molar-refractivity contribution < 1.29 is 4.39 Å². The van der Waals surface area contributed by atoms with E-state index < -0.39 is 0 Å². The van der Waals surface area contributed by atoms with E-state index in [0.717, 1.165) is 66.8 Å². The topological polar surface area (TPSA) is 24.3 Å². The van der Waals surface area contributed by atoms with Gasteiger partial charge in [0.1, 0.15) is 11.6 Å². The van der Waals surface area contributed by atoms with Gasteiger partial charge in [-0.2, -0.15) is 0 Å². The molecule has 3 aromatic carbocycles. The minimum atomic E-state index is -0.193. The van der Waals surface area contributed by atoms with Crippen molar-refractivity contribution in [3.05, 3.63) is 95.0 Å². The van der Waals surface area contributed by atoms with Gasteiger partial charge in [0.05, 0.1) is 17.6 Å². The molecule has 2 heterocycles. The van der Waals surface area contributed by atoms with Crippen molar-refractivity contribution in [3.63, 3.8) is 0 Å². The minimum Gasteiger partial charge on any atom is -0.369 e. The van der Waals surface area contributed by atoms with Gasteiger partial charge in [0, 0.05) is 43.4 Å². The Morgan fingerprint density at radius 1 is 0.806 bits per heavy atom. The van der Waals surface area contributed by atoms with Crippen molar-refractivity contribution in [3.8, 4) is 0 Å². The molecule has 1 aliphatic rings. The maximum atomic E-state index is 13.2. The summed E-state index contributed by atoms with van der Waals surface area (Å²) in [5.74, 6) is 0.883. The molecule has 0 N–H and O–H groups in total. The summed E-state index contributed by atoms with van der Waals surface area (Å²) in [5.41, 5.74) is 4.46. The number of nitrogens with zero attached hydrogens (tertiary/aromatic N) is 4. The van der Waals surface area contributed by atoms with Gasteiger partial charge in [-0.25, -0.2) is 9.37 Å². The molecule has 4 aromatic rings. The number of piperazine rings is 1. The third-order valence-electron chi connectivity index (χ3n) is 5.92. The van der Waals surface area contributed by atoms with E-state index in [-0.39, 0.29) is 5.82 Å². The lowest BCUT2D eigenvalue weighted by Gasteiger charge is -2.36. The number of hydrogen-bond acceptors (Lipinski definition) is 3. The monoisotopic (exact) mass is 434 g/mol. The van der Waals surface area contributed by atoms with Gasteiger partial charge in [-0.3, -0.25) is 4.90 Å². The lowest BCUT2D eigenvalue weighted by Crippen LogP contribution is -2.46. The van der Waals surface area contributed by atoms with Gasteiger partial charge >= 0.3 is 0 Å². The van der Waals surface area contributed by atoms with E-state index in [9.17, 15) is 4.39 Å². The standard InChI is InChI=1S/C25H24ClFN4/c26-20-7-5-19(6-8-20)17-31-24-4-2-1-3-23(24)28-25(31)18-29-13-15-30(16-14-29)22-11-9-21(27)10-12-22/h1-12H,13-18H2. The Hall–Kier alpha value is -2.89. The molecule has 0 spiro atoms. The molecule has 4 nitrogen and oxygen atoms in total. The molecule has 1 saturated heterocycles. The van der Waals surface area contributed by atoms with E-state index in [1.54, 1.807) is 0 Å². The molecule has 1 aliphatic heterocycles. The van der Waals surface area contributed by atoms with Crippen molar-refractivity contribution in [2.75, 3.05) is 31.1 Å². The third-order valence-corrected chi connectivity index (χ3v) is 6.17. The Morgan fingerprint density at radius 2 is 1.52 bits per heavy atom. The number of hydrogen-bond donors (Lipinski definition) is 0. The van der Waals surface area contributed by atoms with Crippen LogP contribution in [0.15, 0.2) is 72.8 Å². The molecule has 0 radical (unpaired) electrons. The molecule has 0 bridgehead atoms. The highest BCUT2D eigenvalue weighted by Crippen LogP contribution is 2.22. The molecule has 0 unspecified atom stereocenters. The fraction of sp³-hybridized carbons (Fsp3) is 0.240. The highest BCUT2D eigenvalue weighted by molar-refractivity contribution is 6.30. The van der Waals surface area contributed by atoms with Crippen LogP contribution in [0.3, 0.4) is 0 Å². The number of benzene rings is 3. The van der Waals surface area contributed by atoms with Crippen LogP contribution in [-0.4, -0.2) is 40.6 Å². The summed E-state index contributed by atoms with van der Waals surface area (Å²) in [4.78, 5) is 9.70. The van der Waals surface area contributed by atoms with Crippen LogP contribution in [0.2, 0.25) is 5.02 Å². The van der Waals surface area contributed by atoms with E-state index in [1.807, 2.05) is 30.3 Å². The SMILES string of the molecule is Fc1ccc(N2CCN(Cc3nc4ccccc4n3Cc3ccc(Cl)cc3)CC2)cc1. The lowest BCUT2D eigenvalue weighted by atomic mass is 10.2. The Kier molecular flexibility index (Phi) is 5.62. The van der Waals surface area contributed by atoms with Gasteiger partial charge in [0.25, 0.3) is 0 Å². The van der Waals surface area contributed by atoms with E-state index >= 15 is 0 Å². The van der Waals surface area contributed by atoms with Crippen molar-refractivity contribution >= 4 is 28.3 Å². The fourth-order valence-corrected chi connectivity index (χ4v) is 4.34. The number of imidazole rings is 1. The van der Waals surface area contributed by atoms with Gasteiger partial charge in [-0.1, -0.05) is 35.9 Å². The van der Waals surface area contributed by atoms with Gasteiger partial charge in [-0.05, 0) is 54.1 Å². The van der Waals surface area contributed by atoms with Gasteiger partial charge in [-0.15, -0.1) is 0 Å². The molecular weight excluding hydrogens is 411 g/mol. The Bertz CT molecular complexity index is 1160. The Labute approximate surface area is 186 Å². The van der Waals surface area contributed by atoms with Crippen LogP contribution in [-0.2, 0) is 13.1 Å². The van der Waals surface area contributed by atoms with Gasteiger partial charge < -0.3 is 9.47 Å². The van der Waals surface area contributed by atoms with E-state index in [4.69, 9.17) is 16.6 Å². The number of fused-ring (bicyclic) bond motifs is 1. The number of anilines is 1. The average Bonchev–Trinajstić information content (AvgIpc) is 3.13. The maximum Gasteiger partial charge on any atom is 0.124 e. The molecule has 5 rings (SSSR count). The zero-order valence-corrected chi connectivity index (χ0v) is 18.0. The van der Waals surface area contributed by atoms with Crippen LogP contribution < -0.4 is 4.90 Å². The first-order valence-corrected chi connectivity index (χ1v) is 10.9. The zero-order chi connectivity index (χ0) is 21.2. The summed E-state index contributed by atoms with van der Waals surface area (Å²) in [7, 11) is 0. The van der Waals surface area contributed by atoms with Crippen molar-refractivity contribution in [2.45, 2.75) is 13.1 Å². The summed E-state index contributed by atoms with van der Waals surface area (Å²) in [6.45, 7) is 5.30. The molecule has 0 saturated carbocycles. The molecule has 6 heteroatoms. The largest absolute Gasteiger partial charge is 0.369 e. The van der Waals surface area contributed by atoms with E-state index in [1.165, 1.54) is 17.7 Å². The predicted octanol–water partition coefficient (Wildman–Crippen LogP) is 5.20. The van der Waals surface area contributed by atoms with Crippen LogP contribution in [0.1, 0.15) is 11.4 Å². The van der Waals surface area contributed by atoms with Crippen LogP contribution in [0, 0.1) is 5.82 Å². The van der Waals surface area contributed by atoms with Crippen LogP contribution in [0.5, 0.6) is 0 Å². The van der Waals surface area contributed by atoms with E-state index in [2.05, 4.69) is 44.7 Å². The van der Waals surface area contributed by atoms with Crippen LogP contribution >= 0.6 is 11.6 Å². The highest BCUT2D eigenvalue weighted by Gasteiger charge is 2.20. The first kappa shape index (κ1) is 20.0. The second kappa shape index (κ2) is 8.69. The first-order valence-electron chi connectivity index (χ1n) is 10.6. The molecule has 0 aliphatic carbocycles. The molecule has 0 amide bonds. The summed E-state index contributed by atoms with van der Waals surface area (Å²) < 4.78 is 15.5. The van der Waals surface area contributed by atoms with Crippen molar-refractivity contribution in [1.29, 1.82) is 0 Å². The second-order valence-electron chi connectivity index (χ2n) is 7.97. The molecule has 31 heavy (non-hydrogen) atoms. The highest BCUT2D eigenvalue weighted by atomic mass is 35.5. The Morgan fingerprint density at radius 3 is 2.26 bits per heavy atom. The number of aromatic nitrogens is 2. The minimum absolute atomic E-state index is 0.193. The van der Waals surface area contributed by atoms with Crippen molar-refractivity contribution in [1.82, 2.24) is 14.5 Å². The lowest BCUT2D eigenvalue weighted by molar-refractivity contribution is 0.241. The number of halogens is 2. The summed E-state index contributed by atoms with van der Waals surface area (Å²) in [6.07, 6.45) is 0. The van der Waals surface area contributed by atoms with Crippen LogP contribution in [0.25, 0.3) is 11.0 Å². The molecule has 1 aromatic heterocycles. The first-order chi connectivity index (χ1) is 15.2. The number of rotatable bonds is 5. The molecule has 0 atom stereocenters. The van der Waals surface area contributed by atoms with E-state index in [0.29, 0.717) is 0 Å². The maximum absolute atomic E-state index is 13.2. The molecule has 158 valence electrons.